The molecule has 1 unspecified atom stereocenters. The summed E-state index contributed by atoms with van der Waals surface area (Å²) < 4.78 is 9.27. The van der Waals surface area contributed by atoms with E-state index in [2.05, 4.69) is 32.1 Å². The van der Waals surface area contributed by atoms with Crippen molar-refractivity contribution in [1.29, 1.82) is 0 Å². The molecule has 0 radical (unpaired) electrons. The van der Waals surface area contributed by atoms with Gasteiger partial charge in [0, 0.05) is 44.2 Å². The first-order chi connectivity index (χ1) is 14.2. The molecule has 1 aliphatic carbocycles. The summed E-state index contributed by atoms with van der Waals surface area (Å²) in [5.74, 6) is 1.39. The van der Waals surface area contributed by atoms with Gasteiger partial charge in [-0.25, -0.2) is 9.67 Å². The van der Waals surface area contributed by atoms with Gasteiger partial charge < -0.3 is 19.7 Å². The second-order valence-corrected chi connectivity index (χ2v) is 7.85. The molecule has 0 amide bonds. The Bertz CT molecular complexity index is 920. The van der Waals surface area contributed by atoms with Crippen LogP contribution in [0.5, 0.6) is 0 Å². The predicted molar refractivity (Wildman–Crippen MR) is 111 cm³/mol. The third-order valence-electron chi connectivity index (χ3n) is 5.77. The SMILES string of the molecule is COCn1ncc(C)c1CN[C@@H]1CC(Cn2ccnc2-c2ccccc2)C[C@H]1O. The minimum absolute atomic E-state index is 0.0778. The molecule has 2 aromatic heterocycles. The minimum Gasteiger partial charge on any atom is -0.391 e. The van der Waals surface area contributed by atoms with Crippen molar-refractivity contribution >= 4 is 0 Å². The second kappa shape index (κ2) is 8.90. The molecule has 1 saturated carbocycles. The van der Waals surface area contributed by atoms with E-state index in [4.69, 9.17) is 4.74 Å². The monoisotopic (exact) mass is 395 g/mol. The van der Waals surface area contributed by atoms with Gasteiger partial charge in [0.1, 0.15) is 12.6 Å². The molecule has 7 nitrogen and oxygen atoms in total. The minimum atomic E-state index is -0.345. The number of nitrogens with zero attached hydrogens (tertiary/aromatic N) is 4. The molecule has 2 heterocycles. The standard InChI is InChI=1S/C22H29N5O2/c1-16-12-25-27(15-29-2)20(16)13-24-19-10-17(11-21(19)28)14-26-9-8-23-22(26)18-6-4-3-5-7-18/h3-9,12,17,19,21,24,28H,10-11,13-15H2,1-2H3/t17?,19-,21-/m1/s1. The predicted octanol–water partition coefficient (Wildman–Crippen LogP) is 2.59. The molecular weight excluding hydrogens is 366 g/mol. The van der Waals surface area contributed by atoms with Crippen molar-refractivity contribution in [2.45, 2.75) is 51.7 Å². The number of benzene rings is 1. The summed E-state index contributed by atoms with van der Waals surface area (Å²) in [4.78, 5) is 4.54. The maximum absolute atomic E-state index is 10.6. The molecule has 0 aliphatic heterocycles. The Labute approximate surface area is 171 Å². The van der Waals surface area contributed by atoms with E-state index in [1.165, 1.54) is 0 Å². The molecule has 3 atom stereocenters. The number of imidazole rings is 1. The zero-order chi connectivity index (χ0) is 20.2. The summed E-state index contributed by atoms with van der Waals surface area (Å²) in [5, 5.41) is 18.5. The fourth-order valence-corrected chi connectivity index (χ4v) is 4.26. The van der Waals surface area contributed by atoms with Crippen LogP contribution >= 0.6 is 0 Å². The van der Waals surface area contributed by atoms with E-state index < -0.39 is 0 Å². The highest BCUT2D eigenvalue weighted by Crippen LogP contribution is 2.29. The highest BCUT2D eigenvalue weighted by Gasteiger charge is 2.33. The molecule has 3 aromatic rings. The first-order valence-electron chi connectivity index (χ1n) is 10.1. The largest absolute Gasteiger partial charge is 0.391 e. The third-order valence-corrected chi connectivity index (χ3v) is 5.77. The topological polar surface area (TPSA) is 77.1 Å². The van der Waals surface area contributed by atoms with Gasteiger partial charge in [0.25, 0.3) is 0 Å². The van der Waals surface area contributed by atoms with Gasteiger partial charge in [-0.1, -0.05) is 30.3 Å². The fraction of sp³-hybridized carbons (Fsp3) is 0.455. The van der Waals surface area contributed by atoms with Crippen molar-refractivity contribution in [2.24, 2.45) is 5.92 Å². The molecule has 4 rings (SSSR count). The number of aryl methyl sites for hydroxylation is 1. The first kappa shape index (κ1) is 19.8. The Morgan fingerprint density at radius 2 is 2.07 bits per heavy atom. The van der Waals surface area contributed by atoms with Gasteiger partial charge in [-0.05, 0) is 31.2 Å². The fourth-order valence-electron chi connectivity index (χ4n) is 4.26. The molecular formula is C22H29N5O2. The van der Waals surface area contributed by atoms with E-state index in [0.717, 1.165) is 42.0 Å². The highest BCUT2D eigenvalue weighted by molar-refractivity contribution is 5.55. The van der Waals surface area contributed by atoms with Crippen LogP contribution < -0.4 is 5.32 Å². The van der Waals surface area contributed by atoms with Crippen LogP contribution in [0.3, 0.4) is 0 Å². The van der Waals surface area contributed by atoms with Crippen molar-refractivity contribution in [3.63, 3.8) is 0 Å². The van der Waals surface area contributed by atoms with Crippen LogP contribution in [0.15, 0.2) is 48.9 Å². The van der Waals surface area contributed by atoms with Crippen LogP contribution in [0.4, 0.5) is 0 Å². The van der Waals surface area contributed by atoms with Gasteiger partial charge in [0.05, 0.1) is 18.0 Å². The van der Waals surface area contributed by atoms with Crippen LogP contribution in [0.25, 0.3) is 11.4 Å². The van der Waals surface area contributed by atoms with Gasteiger partial charge >= 0.3 is 0 Å². The smallest absolute Gasteiger partial charge is 0.139 e. The molecule has 1 aliphatic rings. The normalized spacial score (nSPS) is 21.7. The van der Waals surface area contributed by atoms with Crippen LogP contribution in [-0.2, 0) is 24.6 Å². The Hall–Kier alpha value is -2.48. The summed E-state index contributed by atoms with van der Waals surface area (Å²) in [6.45, 7) is 4.02. The van der Waals surface area contributed by atoms with Crippen molar-refractivity contribution in [1.82, 2.24) is 24.6 Å². The quantitative estimate of drug-likeness (QED) is 0.613. The Morgan fingerprint density at radius 3 is 2.86 bits per heavy atom. The number of ether oxygens (including phenoxy) is 1. The molecule has 0 spiro atoms. The van der Waals surface area contributed by atoms with Crippen molar-refractivity contribution in [3.05, 3.63) is 60.2 Å². The van der Waals surface area contributed by atoms with Gasteiger partial charge in [0.15, 0.2) is 0 Å². The first-order valence-corrected chi connectivity index (χ1v) is 10.1. The average Bonchev–Trinajstić information content (AvgIpc) is 3.42. The van der Waals surface area contributed by atoms with Crippen LogP contribution in [0.2, 0.25) is 0 Å². The number of aromatic nitrogens is 4. The van der Waals surface area contributed by atoms with E-state index >= 15 is 0 Å². The van der Waals surface area contributed by atoms with Crippen LogP contribution in [-0.4, -0.2) is 43.7 Å². The van der Waals surface area contributed by atoms with Gasteiger partial charge in [-0.15, -0.1) is 0 Å². The van der Waals surface area contributed by atoms with E-state index in [0.29, 0.717) is 19.2 Å². The lowest BCUT2D eigenvalue weighted by atomic mass is 10.1. The zero-order valence-electron chi connectivity index (χ0n) is 17.0. The van der Waals surface area contributed by atoms with E-state index in [9.17, 15) is 5.11 Å². The number of nitrogens with one attached hydrogen (secondary N) is 1. The number of methoxy groups -OCH3 is 1. The lowest BCUT2D eigenvalue weighted by Crippen LogP contribution is -2.36. The molecule has 154 valence electrons. The Morgan fingerprint density at radius 1 is 1.24 bits per heavy atom. The molecule has 2 N–H and O–H groups in total. The summed E-state index contributed by atoms with van der Waals surface area (Å²) in [6, 6.07) is 10.3. The summed E-state index contributed by atoms with van der Waals surface area (Å²) in [5.41, 5.74) is 3.35. The number of aliphatic hydroxyl groups is 1. The zero-order valence-corrected chi connectivity index (χ0v) is 17.0. The molecule has 7 heteroatoms. The van der Waals surface area contributed by atoms with E-state index in [1.807, 2.05) is 48.4 Å². The maximum Gasteiger partial charge on any atom is 0.139 e. The Balaban J connectivity index is 1.38. The summed E-state index contributed by atoms with van der Waals surface area (Å²) in [6.07, 6.45) is 7.12. The van der Waals surface area contributed by atoms with Crippen LogP contribution in [0.1, 0.15) is 24.1 Å². The molecule has 29 heavy (non-hydrogen) atoms. The highest BCUT2D eigenvalue weighted by atomic mass is 16.5. The molecule has 1 fully saturated rings. The lowest BCUT2D eigenvalue weighted by Gasteiger charge is -2.17. The van der Waals surface area contributed by atoms with Crippen molar-refractivity contribution in [3.8, 4) is 11.4 Å². The van der Waals surface area contributed by atoms with Gasteiger partial charge in [-0.3, -0.25) is 0 Å². The van der Waals surface area contributed by atoms with Crippen molar-refractivity contribution in [2.75, 3.05) is 7.11 Å². The van der Waals surface area contributed by atoms with Crippen LogP contribution in [0, 0.1) is 12.8 Å². The second-order valence-electron chi connectivity index (χ2n) is 7.85. The third kappa shape index (κ3) is 4.42. The average molecular weight is 396 g/mol. The summed E-state index contributed by atoms with van der Waals surface area (Å²) >= 11 is 0. The number of hydrogen-bond donors (Lipinski definition) is 2. The molecule has 0 bridgehead atoms. The summed E-state index contributed by atoms with van der Waals surface area (Å²) in [7, 11) is 1.67. The Kier molecular flexibility index (Phi) is 6.08. The van der Waals surface area contributed by atoms with Gasteiger partial charge in [-0.2, -0.15) is 5.10 Å². The van der Waals surface area contributed by atoms with E-state index in [1.54, 1.807) is 7.11 Å². The molecule has 0 saturated heterocycles. The molecule has 1 aromatic carbocycles. The number of rotatable bonds is 8. The number of hydrogen-bond acceptors (Lipinski definition) is 5. The van der Waals surface area contributed by atoms with Crippen molar-refractivity contribution < 1.29 is 9.84 Å². The van der Waals surface area contributed by atoms with Gasteiger partial charge in [0.2, 0.25) is 0 Å². The van der Waals surface area contributed by atoms with E-state index in [-0.39, 0.29) is 12.1 Å². The number of aliphatic hydroxyl groups excluding tert-OH is 1. The maximum atomic E-state index is 10.6. The lowest BCUT2D eigenvalue weighted by molar-refractivity contribution is 0.116.